The lowest BCUT2D eigenvalue weighted by Gasteiger charge is -2.30. The first-order valence-corrected chi connectivity index (χ1v) is 7.90. The van der Waals surface area contributed by atoms with E-state index in [1.165, 1.54) is 36.3 Å². The van der Waals surface area contributed by atoms with Gasteiger partial charge in [-0.15, -0.1) is 0 Å². The molecular formula is C18H25N3. The minimum Gasteiger partial charge on any atom is -0.298 e. The van der Waals surface area contributed by atoms with E-state index in [9.17, 15) is 0 Å². The van der Waals surface area contributed by atoms with Crippen LogP contribution in [-0.2, 0) is 26.4 Å². The zero-order valence-corrected chi connectivity index (χ0v) is 13.3. The van der Waals surface area contributed by atoms with Crippen LogP contribution < -0.4 is 0 Å². The Morgan fingerprint density at radius 1 is 1.24 bits per heavy atom. The highest BCUT2D eigenvalue weighted by Crippen LogP contribution is 2.20. The largest absolute Gasteiger partial charge is 0.298 e. The van der Waals surface area contributed by atoms with Crippen molar-refractivity contribution in [1.82, 2.24) is 14.7 Å². The second-order valence-corrected chi connectivity index (χ2v) is 6.46. The molecule has 112 valence electrons. The van der Waals surface area contributed by atoms with Crippen LogP contribution in [0.5, 0.6) is 0 Å². The first kappa shape index (κ1) is 14.3. The molecule has 0 amide bonds. The zero-order chi connectivity index (χ0) is 14.8. The standard InChI is InChI=1S/C18H25N3/c1-14(10-18-11-15(2)19-20(18)3)12-21-9-8-16-6-4-5-7-17(16)13-21/h4-7,11,14H,8-10,12-13H2,1-3H3. The topological polar surface area (TPSA) is 21.1 Å². The average Bonchev–Trinajstić information content (AvgIpc) is 2.76. The lowest BCUT2D eigenvalue weighted by atomic mass is 9.98. The molecule has 3 heteroatoms. The van der Waals surface area contributed by atoms with Crippen LogP contribution in [0, 0.1) is 12.8 Å². The van der Waals surface area contributed by atoms with Crippen LogP contribution in [0.2, 0.25) is 0 Å². The van der Waals surface area contributed by atoms with Gasteiger partial charge in [0.2, 0.25) is 0 Å². The molecule has 1 aliphatic rings. The molecule has 3 rings (SSSR count). The highest BCUT2D eigenvalue weighted by Gasteiger charge is 2.18. The van der Waals surface area contributed by atoms with Crippen LogP contribution in [0.3, 0.4) is 0 Å². The van der Waals surface area contributed by atoms with Crippen LogP contribution in [-0.4, -0.2) is 27.8 Å². The summed E-state index contributed by atoms with van der Waals surface area (Å²) in [5, 5.41) is 4.44. The smallest absolute Gasteiger partial charge is 0.0596 e. The number of rotatable bonds is 4. The van der Waals surface area contributed by atoms with E-state index in [1.807, 2.05) is 11.7 Å². The van der Waals surface area contributed by atoms with Crippen molar-refractivity contribution in [2.75, 3.05) is 13.1 Å². The molecule has 0 fully saturated rings. The highest BCUT2D eigenvalue weighted by atomic mass is 15.3. The Morgan fingerprint density at radius 3 is 2.71 bits per heavy atom. The second-order valence-electron chi connectivity index (χ2n) is 6.46. The Bertz CT molecular complexity index is 615. The molecule has 0 radical (unpaired) electrons. The van der Waals surface area contributed by atoms with Crippen molar-refractivity contribution in [3.8, 4) is 0 Å². The minimum absolute atomic E-state index is 0.657. The molecular weight excluding hydrogens is 258 g/mol. The molecule has 0 spiro atoms. The van der Waals surface area contributed by atoms with Crippen molar-refractivity contribution in [3.05, 3.63) is 52.8 Å². The molecule has 2 heterocycles. The number of nitrogens with zero attached hydrogens (tertiary/aromatic N) is 3. The SMILES string of the molecule is Cc1cc(CC(C)CN2CCc3ccccc3C2)n(C)n1. The van der Waals surface area contributed by atoms with Crippen LogP contribution in [0.4, 0.5) is 0 Å². The van der Waals surface area contributed by atoms with Gasteiger partial charge in [0, 0.05) is 32.4 Å². The molecule has 0 N–H and O–H groups in total. The quantitative estimate of drug-likeness (QED) is 0.860. The van der Waals surface area contributed by atoms with Gasteiger partial charge in [-0.2, -0.15) is 5.10 Å². The highest BCUT2D eigenvalue weighted by molar-refractivity contribution is 5.29. The Kier molecular flexibility index (Phi) is 4.11. The van der Waals surface area contributed by atoms with E-state index in [1.54, 1.807) is 0 Å². The maximum atomic E-state index is 4.44. The Hall–Kier alpha value is -1.61. The van der Waals surface area contributed by atoms with Gasteiger partial charge in [0.1, 0.15) is 0 Å². The monoisotopic (exact) mass is 283 g/mol. The van der Waals surface area contributed by atoms with Crippen LogP contribution in [0.25, 0.3) is 0 Å². The molecule has 0 saturated carbocycles. The molecule has 3 nitrogen and oxygen atoms in total. The van der Waals surface area contributed by atoms with Crippen molar-refractivity contribution < 1.29 is 0 Å². The van der Waals surface area contributed by atoms with Gasteiger partial charge in [-0.05, 0) is 42.9 Å². The van der Waals surface area contributed by atoms with Gasteiger partial charge in [0.25, 0.3) is 0 Å². The Labute approximate surface area is 127 Å². The van der Waals surface area contributed by atoms with Gasteiger partial charge < -0.3 is 0 Å². The molecule has 1 aromatic carbocycles. The fraction of sp³-hybridized carbons (Fsp3) is 0.500. The maximum Gasteiger partial charge on any atom is 0.0596 e. The summed E-state index contributed by atoms with van der Waals surface area (Å²) in [6.45, 7) is 7.87. The van der Waals surface area contributed by atoms with Gasteiger partial charge in [0.15, 0.2) is 0 Å². The van der Waals surface area contributed by atoms with E-state index in [0.29, 0.717) is 5.92 Å². The van der Waals surface area contributed by atoms with Crippen molar-refractivity contribution >= 4 is 0 Å². The predicted octanol–water partition coefficient (Wildman–Crippen LogP) is 2.97. The van der Waals surface area contributed by atoms with Crippen molar-refractivity contribution in [2.24, 2.45) is 13.0 Å². The fourth-order valence-corrected chi connectivity index (χ4v) is 3.43. The van der Waals surface area contributed by atoms with E-state index in [0.717, 1.165) is 18.7 Å². The molecule has 0 aliphatic carbocycles. The van der Waals surface area contributed by atoms with Gasteiger partial charge in [0.05, 0.1) is 5.69 Å². The molecule has 1 aliphatic heterocycles. The second kappa shape index (κ2) is 6.02. The number of aromatic nitrogens is 2. The number of hydrogen-bond donors (Lipinski definition) is 0. The summed E-state index contributed by atoms with van der Waals surface area (Å²) in [4.78, 5) is 2.59. The van der Waals surface area contributed by atoms with Crippen molar-refractivity contribution in [2.45, 2.75) is 33.2 Å². The van der Waals surface area contributed by atoms with Gasteiger partial charge in [-0.25, -0.2) is 0 Å². The third-order valence-corrected chi connectivity index (χ3v) is 4.44. The predicted molar refractivity (Wildman–Crippen MR) is 86.2 cm³/mol. The molecule has 1 atom stereocenters. The molecule has 0 bridgehead atoms. The fourth-order valence-electron chi connectivity index (χ4n) is 3.43. The van der Waals surface area contributed by atoms with E-state index in [-0.39, 0.29) is 0 Å². The van der Waals surface area contributed by atoms with Crippen molar-refractivity contribution in [3.63, 3.8) is 0 Å². The van der Waals surface area contributed by atoms with Crippen LogP contribution >= 0.6 is 0 Å². The summed E-state index contributed by atoms with van der Waals surface area (Å²) >= 11 is 0. The normalized spacial score (nSPS) is 16.7. The summed E-state index contributed by atoms with van der Waals surface area (Å²) in [6.07, 6.45) is 2.29. The summed E-state index contributed by atoms with van der Waals surface area (Å²) in [6, 6.07) is 11.1. The summed E-state index contributed by atoms with van der Waals surface area (Å²) in [5.41, 5.74) is 5.50. The van der Waals surface area contributed by atoms with Crippen molar-refractivity contribution in [1.29, 1.82) is 0 Å². The summed E-state index contributed by atoms with van der Waals surface area (Å²) in [7, 11) is 2.05. The lowest BCUT2D eigenvalue weighted by Crippen LogP contribution is -2.34. The third kappa shape index (κ3) is 3.35. The maximum absolute atomic E-state index is 4.44. The van der Waals surface area contributed by atoms with Gasteiger partial charge in [-0.1, -0.05) is 31.2 Å². The van der Waals surface area contributed by atoms with E-state index in [4.69, 9.17) is 0 Å². The number of hydrogen-bond acceptors (Lipinski definition) is 2. The average molecular weight is 283 g/mol. The first-order valence-electron chi connectivity index (χ1n) is 7.90. The Balaban J connectivity index is 1.59. The van der Waals surface area contributed by atoms with E-state index < -0.39 is 0 Å². The Morgan fingerprint density at radius 2 is 2.00 bits per heavy atom. The van der Waals surface area contributed by atoms with Crippen LogP contribution in [0.1, 0.15) is 29.4 Å². The molecule has 1 aromatic heterocycles. The molecule has 0 saturated heterocycles. The summed E-state index contributed by atoms with van der Waals surface area (Å²) in [5.74, 6) is 0.657. The minimum atomic E-state index is 0.657. The summed E-state index contributed by atoms with van der Waals surface area (Å²) < 4.78 is 2.03. The zero-order valence-electron chi connectivity index (χ0n) is 13.3. The number of aryl methyl sites for hydroxylation is 2. The van der Waals surface area contributed by atoms with Gasteiger partial charge >= 0.3 is 0 Å². The molecule has 1 unspecified atom stereocenters. The number of fused-ring (bicyclic) bond motifs is 1. The first-order chi connectivity index (χ1) is 10.1. The molecule has 21 heavy (non-hydrogen) atoms. The van der Waals surface area contributed by atoms with Gasteiger partial charge in [-0.3, -0.25) is 9.58 Å². The molecule has 2 aromatic rings. The lowest BCUT2D eigenvalue weighted by molar-refractivity contribution is 0.218. The number of benzene rings is 1. The van der Waals surface area contributed by atoms with E-state index >= 15 is 0 Å². The third-order valence-electron chi connectivity index (χ3n) is 4.44. The van der Waals surface area contributed by atoms with Crippen LogP contribution in [0.15, 0.2) is 30.3 Å². The van der Waals surface area contributed by atoms with E-state index in [2.05, 4.69) is 54.2 Å².